The molecule has 0 aliphatic rings. The first-order valence-corrected chi connectivity index (χ1v) is 5.86. The largest absolute Gasteiger partial charge is 0.343 e. The molecule has 0 N–H and O–H groups in total. The number of nitrogens with zero attached hydrogens (tertiary/aromatic N) is 2. The van der Waals surface area contributed by atoms with Crippen molar-refractivity contribution in [2.45, 2.75) is 46.5 Å². The van der Waals surface area contributed by atoms with Crippen molar-refractivity contribution >= 4 is 5.91 Å². The average Bonchev–Trinajstić information content (AvgIpc) is 2.26. The topological polar surface area (TPSA) is 44.1 Å². The van der Waals surface area contributed by atoms with E-state index in [2.05, 4.69) is 6.07 Å². The summed E-state index contributed by atoms with van der Waals surface area (Å²) in [6, 6.07) is 2.12. The molecule has 0 aliphatic heterocycles. The van der Waals surface area contributed by atoms with Gasteiger partial charge >= 0.3 is 0 Å². The summed E-state index contributed by atoms with van der Waals surface area (Å²) in [6.45, 7) is 7.61. The van der Waals surface area contributed by atoms with Gasteiger partial charge in [-0.1, -0.05) is 6.92 Å². The molecule has 0 heterocycles. The summed E-state index contributed by atoms with van der Waals surface area (Å²) in [6.07, 6.45) is 3.12. The standard InChI is InChI=1S/C12H22N2O/c1-4-11(9-7-8-10-13)12(15)14(5-2)6-3/h11H,4-9H2,1-3H3. The molecule has 3 nitrogen and oxygen atoms in total. The Labute approximate surface area is 93.1 Å². The lowest BCUT2D eigenvalue weighted by atomic mass is 9.97. The quantitative estimate of drug-likeness (QED) is 0.606. The van der Waals surface area contributed by atoms with E-state index < -0.39 is 0 Å². The predicted molar refractivity (Wildman–Crippen MR) is 61.2 cm³/mol. The van der Waals surface area contributed by atoms with Crippen molar-refractivity contribution in [2.75, 3.05) is 13.1 Å². The van der Waals surface area contributed by atoms with Crippen molar-refractivity contribution in [3.05, 3.63) is 0 Å². The van der Waals surface area contributed by atoms with Crippen LogP contribution in [0, 0.1) is 17.2 Å². The number of amides is 1. The van der Waals surface area contributed by atoms with Gasteiger partial charge in [-0.2, -0.15) is 5.26 Å². The zero-order chi connectivity index (χ0) is 11.7. The van der Waals surface area contributed by atoms with Gasteiger partial charge in [-0.3, -0.25) is 4.79 Å². The lowest BCUT2D eigenvalue weighted by molar-refractivity contribution is -0.135. The van der Waals surface area contributed by atoms with Crippen LogP contribution in [0.5, 0.6) is 0 Å². The van der Waals surface area contributed by atoms with Crippen LogP contribution in [0.25, 0.3) is 0 Å². The summed E-state index contributed by atoms with van der Waals surface area (Å²) in [5.41, 5.74) is 0. The third kappa shape index (κ3) is 4.83. The Balaban J connectivity index is 4.15. The zero-order valence-electron chi connectivity index (χ0n) is 10.1. The van der Waals surface area contributed by atoms with Gasteiger partial charge in [-0.15, -0.1) is 0 Å². The van der Waals surface area contributed by atoms with Crippen LogP contribution in [0.3, 0.4) is 0 Å². The maximum Gasteiger partial charge on any atom is 0.225 e. The van der Waals surface area contributed by atoms with E-state index in [0.717, 1.165) is 32.4 Å². The number of carbonyl (C=O) groups is 1. The van der Waals surface area contributed by atoms with Crippen LogP contribution in [-0.4, -0.2) is 23.9 Å². The van der Waals surface area contributed by atoms with Gasteiger partial charge in [0.2, 0.25) is 5.91 Å². The summed E-state index contributed by atoms with van der Waals surface area (Å²) in [5, 5.41) is 8.45. The molecule has 3 heteroatoms. The summed E-state index contributed by atoms with van der Waals surface area (Å²) in [5.74, 6) is 0.360. The summed E-state index contributed by atoms with van der Waals surface area (Å²) in [7, 11) is 0. The highest BCUT2D eigenvalue weighted by molar-refractivity contribution is 5.78. The van der Waals surface area contributed by atoms with E-state index in [1.165, 1.54) is 0 Å². The molecule has 1 atom stereocenters. The minimum absolute atomic E-state index is 0.109. The maximum absolute atomic E-state index is 12.0. The fourth-order valence-electron chi connectivity index (χ4n) is 1.72. The SMILES string of the molecule is CCC(CCCC#N)C(=O)N(CC)CC. The molecule has 1 unspecified atom stereocenters. The second kappa shape index (κ2) is 8.28. The smallest absolute Gasteiger partial charge is 0.225 e. The van der Waals surface area contributed by atoms with Crippen molar-refractivity contribution in [3.8, 4) is 6.07 Å². The molecular weight excluding hydrogens is 188 g/mol. The molecule has 0 aromatic heterocycles. The molecule has 0 saturated carbocycles. The van der Waals surface area contributed by atoms with Crippen LogP contribution in [-0.2, 0) is 4.79 Å². The monoisotopic (exact) mass is 210 g/mol. The normalized spacial score (nSPS) is 11.9. The zero-order valence-corrected chi connectivity index (χ0v) is 10.1. The Kier molecular flexibility index (Phi) is 7.71. The fraction of sp³-hybridized carbons (Fsp3) is 0.833. The van der Waals surface area contributed by atoms with Crippen LogP contribution in [0.1, 0.15) is 46.5 Å². The van der Waals surface area contributed by atoms with E-state index in [1.54, 1.807) is 0 Å². The Morgan fingerprint density at radius 3 is 2.33 bits per heavy atom. The van der Waals surface area contributed by atoms with E-state index in [9.17, 15) is 4.79 Å². The van der Waals surface area contributed by atoms with Gasteiger partial charge in [0.05, 0.1) is 6.07 Å². The second-order valence-corrected chi connectivity index (χ2v) is 3.67. The van der Waals surface area contributed by atoms with E-state index in [-0.39, 0.29) is 11.8 Å². The van der Waals surface area contributed by atoms with Crippen molar-refractivity contribution in [1.29, 1.82) is 5.26 Å². The lowest BCUT2D eigenvalue weighted by Gasteiger charge is -2.24. The first-order chi connectivity index (χ1) is 7.21. The lowest BCUT2D eigenvalue weighted by Crippen LogP contribution is -2.35. The molecule has 0 aromatic carbocycles. The Morgan fingerprint density at radius 1 is 1.33 bits per heavy atom. The molecular formula is C12H22N2O. The minimum atomic E-state index is 0.109. The second-order valence-electron chi connectivity index (χ2n) is 3.67. The molecule has 15 heavy (non-hydrogen) atoms. The highest BCUT2D eigenvalue weighted by Gasteiger charge is 2.20. The van der Waals surface area contributed by atoms with Crippen LogP contribution in [0.2, 0.25) is 0 Å². The molecule has 0 aliphatic carbocycles. The van der Waals surface area contributed by atoms with Gasteiger partial charge in [0, 0.05) is 25.4 Å². The predicted octanol–water partition coefficient (Wildman–Crippen LogP) is 2.57. The molecule has 86 valence electrons. The first-order valence-electron chi connectivity index (χ1n) is 5.86. The Morgan fingerprint density at radius 2 is 1.93 bits per heavy atom. The summed E-state index contributed by atoms with van der Waals surface area (Å²) in [4.78, 5) is 13.8. The minimum Gasteiger partial charge on any atom is -0.343 e. The van der Waals surface area contributed by atoms with Crippen molar-refractivity contribution in [2.24, 2.45) is 5.92 Å². The molecule has 0 radical (unpaired) electrons. The van der Waals surface area contributed by atoms with Crippen LogP contribution >= 0.6 is 0 Å². The number of rotatable bonds is 7. The fourth-order valence-corrected chi connectivity index (χ4v) is 1.72. The molecule has 0 saturated heterocycles. The van der Waals surface area contributed by atoms with Gasteiger partial charge in [0.15, 0.2) is 0 Å². The van der Waals surface area contributed by atoms with Crippen LogP contribution in [0.4, 0.5) is 0 Å². The van der Waals surface area contributed by atoms with Crippen molar-refractivity contribution in [3.63, 3.8) is 0 Å². The molecule has 0 fully saturated rings. The van der Waals surface area contributed by atoms with Crippen molar-refractivity contribution < 1.29 is 4.79 Å². The highest BCUT2D eigenvalue weighted by atomic mass is 16.2. The van der Waals surface area contributed by atoms with Gasteiger partial charge in [-0.05, 0) is 33.1 Å². The van der Waals surface area contributed by atoms with E-state index in [0.29, 0.717) is 6.42 Å². The van der Waals surface area contributed by atoms with E-state index in [1.807, 2.05) is 25.7 Å². The number of hydrogen-bond acceptors (Lipinski definition) is 2. The highest BCUT2D eigenvalue weighted by Crippen LogP contribution is 2.15. The Bertz CT molecular complexity index is 216. The average molecular weight is 210 g/mol. The number of unbranched alkanes of at least 4 members (excludes halogenated alkanes) is 1. The number of carbonyl (C=O) groups excluding carboxylic acids is 1. The molecule has 0 aromatic rings. The van der Waals surface area contributed by atoms with Gasteiger partial charge in [0.1, 0.15) is 0 Å². The first kappa shape index (κ1) is 14.0. The third-order valence-corrected chi connectivity index (χ3v) is 2.76. The number of hydrogen-bond donors (Lipinski definition) is 0. The molecule has 1 amide bonds. The maximum atomic E-state index is 12.0. The van der Waals surface area contributed by atoms with Crippen LogP contribution in [0.15, 0.2) is 0 Å². The van der Waals surface area contributed by atoms with Gasteiger partial charge in [-0.25, -0.2) is 0 Å². The Hall–Kier alpha value is -1.04. The van der Waals surface area contributed by atoms with Gasteiger partial charge < -0.3 is 4.90 Å². The number of nitriles is 1. The van der Waals surface area contributed by atoms with E-state index in [4.69, 9.17) is 5.26 Å². The summed E-state index contributed by atoms with van der Waals surface area (Å²) < 4.78 is 0. The molecule has 0 spiro atoms. The summed E-state index contributed by atoms with van der Waals surface area (Å²) >= 11 is 0. The molecule has 0 rings (SSSR count). The van der Waals surface area contributed by atoms with Gasteiger partial charge in [0.25, 0.3) is 0 Å². The molecule has 0 bridgehead atoms. The van der Waals surface area contributed by atoms with Crippen LogP contribution < -0.4 is 0 Å². The van der Waals surface area contributed by atoms with Crippen molar-refractivity contribution in [1.82, 2.24) is 4.90 Å². The third-order valence-electron chi connectivity index (χ3n) is 2.76. The van der Waals surface area contributed by atoms with E-state index >= 15 is 0 Å².